The Kier molecular flexibility index (Phi) is 7.77. The maximum absolute atomic E-state index is 13.2. The number of carbonyl (C=O) groups is 2. The highest BCUT2D eigenvalue weighted by molar-refractivity contribution is 6.42. The first-order chi connectivity index (χ1) is 16.3. The topological polar surface area (TPSA) is 67.4 Å². The fourth-order valence-electron chi connectivity index (χ4n) is 4.53. The molecule has 2 N–H and O–H groups in total. The Morgan fingerprint density at radius 1 is 1.12 bits per heavy atom. The number of amides is 1. The van der Waals surface area contributed by atoms with Gasteiger partial charge in [0.15, 0.2) is 11.9 Å². The number of benzene rings is 3. The molecule has 4 rings (SSSR count). The van der Waals surface area contributed by atoms with Crippen molar-refractivity contribution in [3.05, 3.63) is 75.8 Å². The van der Waals surface area contributed by atoms with Gasteiger partial charge in [-0.15, -0.1) is 0 Å². The van der Waals surface area contributed by atoms with Crippen molar-refractivity contribution in [1.82, 2.24) is 10.6 Å². The van der Waals surface area contributed by atoms with Gasteiger partial charge in [-0.2, -0.15) is 0 Å². The molecule has 34 heavy (non-hydrogen) atoms. The Morgan fingerprint density at radius 2 is 1.91 bits per heavy atom. The molecule has 3 aromatic carbocycles. The van der Waals surface area contributed by atoms with Gasteiger partial charge in [0, 0.05) is 6.04 Å². The molecule has 0 aromatic heterocycles. The van der Waals surface area contributed by atoms with E-state index in [0.29, 0.717) is 33.7 Å². The second-order valence-corrected chi connectivity index (χ2v) is 9.61. The van der Waals surface area contributed by atoms with Crippen molar-refractivity contribution in [3.8, 4) is 5.75 Å². The zero-order valence-electron chi connectivity index (χ0n) is 19.2. The molecule has 0 spiro atoms. The Hall–Kier alpha value is -2.60. The average Bonchev–Trinajstić information content (AvgIpc) is 3.35. The quantitative estimate of drug-likeness (QED) is 0.405. The van der Waals surface area contributed by atoms with Crippen LogP contribution in [-0.2, 0) is 11.2 Å². The fraction of sp³-hybridized carbons (Fsp3) is 0.333. The predicted octanol–water partition coefficient (Wildman–Crippen LogP) is 5.45. The number of rotatable bonds is 8. The molecule has 1 heterocycles. The lowest BCUT2D eigenvalue weighted by molar-refractivity contribution is -0.128. The Bertz CT molecular complexity index is 1210. The van der Waals surface area contributed by atoms with E-state index in [9.17, 15) is 9.59 Å². The van der Waals surface area contributed by atoms with Crippen molar-refractivity contribution in [2.24, 2.45) is 5.92 Å². The molecule has 3 aromatic rings. The molecule has 178 valence electrons. The number of Topliss-reactive ketones (excluding diaryl/α,β-unsaturated/α-hetero) is 1. The fourth-order valence-corrected chi connectivity index (χ4v) is 4.85. The second kappa shape index (κ2) is 10.8. The monoisotopic (exact) mass is 498 g/mol. The smallest absolute Gasteiger partial charge is 0.261 e. The van der Waals surface area contributed by atoms with Crippen LogP contribution in [0.3, 0.4) is 0 Å². The van der Waals surface area contributed by atoms with Crippen molar-refractivity contribution in [2.75, 3.05) is 13.1 Å². The molecular weight excluding hydrogens is 471 g/mol. The van der Waals surface area contributed by atoms with Crippen LogP contribution < -0.4 is 15.4 Å². The van der Waals surface area contributed by atoms with E-state index in [1.54, 1.807) is 19.1 Å². The highest BCUT2D eigenvalue weighted by Crippen LogP contribution is 2.30. The van der Waals surface area contributed by atoms with E-state index in [1.165, 1.54) is 6.92 Å². The molecule has 0 saturated carbocycles. The first-order valence-electron chi connectivity index (χ1n) is 11.5. The molecule has 1 amide bonds. The van der Waals surface area contributed by atoms with Gasteiger partial charge < -0.3 is 15.4 Å². The van der Waals surface area contributed by atoms with Crippen LogP contribution in [0, 0.1) is 5.92 Å². The van der Waals surface area contributed by atoms with Crippen LogP contribution >= 0.6 is 23.2 Å². The summed E-state index contributed by atoms with van der Waals surface area (Å²) in [5.41, 5.74) is 1.50. The summed E-state index contributed by atoms with van der Waals surface area (Å²) in [7, 11) is 0. The Labute approximate surface area is 209 Å². The maximum atomic E-state index is 13.2. The van der Waals surface area contributed by atoms with Crippen LogP contribution in [0.25, 0.3) is 10.8 Å². The van der Waals surface area contributed by atoms with E-state index in [4.69, 9.17) is 27.9 Å². The number of fused-ring (bicyclic) bond motifs is 1. The standard InChI is InChI=1S/C27H28Cl2N2O3/c1-16(32)26-21-6-4-3-5-19(21)8-10-25(26)34-17(2)27(33)31-24(20-11-12-30-15-20)14-18-7-9-22(28)23(29)13-18/h3-10,13,17,20,24,30H,11-12,14-15H2,1-2H3,(H,31,33). The summed E-state index contributed by atoms with van der Waals surface area (Å²) in [6.45, 7) is 4.97. The zero-order valence-corrected chi connectivity index (χ0v) is 20.7. The molecule has 3 unspecified atom stereocenters. The minimum Gasteiger partial charge on any atom is -0.480 e. The third-order valence-corrected chi connectivity index (χ3v) is 7.09. The van der Waals surface area contributed by atoms with Crippen LogP contribution in [0.5, 0.6) is 5.75 Å². The number of hydrogen-bond donors (Lipinski definition) is 2. The number of halogens is 2. The molecule has 7 heteroatoms. The molecule has 0 bridgehead atoms. The maximum Gasteiger partial charge on any atom is 0.261 e. The first-order valence-corrected chi connectivity index (χ1v) is 12.2. The summed E-state index contributed by atoms with van der Waals surface area (Å²) in [4.78, 5) is 25.6. The van der Waals surface area contributed by atoms with E-state index in [2.05, 4.69) is 10.6 Å². The summed E-state index contributed by atoms with van der Waals surface area (Å²) >= 11 is 12.3. The average molecular weight is 499 g/mol. The van der Waals surface area contributed by atoms with Crippen molar-refractivity contribution in [1.29, 1.82) is 0 Å². The molecule has 3 atom stereocenters. The first kappa shape index (κ1) is 24.5. The van der Waals surface area contributed by atoms with Gasteiger partial charge >= 0.3 is 0 Å². The number of nitrogens with one attached hydrogen (secondary N) is 2. The number of ketones is 1. The van der Waals surface area contributed by atoms with Crippen molar-refractivity contribution < 1.29 is 14.3 Å². The van der Waals surface area contributed by atoms with Gasteiger partial charge in [0.1, 0.15) is 5.75 Å². The molecule has 5 nitrogen and oxygen atoms in total. The number of hydrogen-bond acceptors (Lipinski definition) is 4. The van der Waals surface area contributed by atoms with E-state index in [0.717, 1.165) is 35.8 Å². The van der Waals surface area contributed by atoms with Crippen LogP contribution in [0.1, 0.15) is 36.2 Å². The minimum atomic E-state index is -0.773. The van der Waals surface area contributed by atoms with E-state index < -0.39 is 6.10 Å². The highest BCUT2D eigenvalue weighted by Gasteiger charge is 2.29. The Morgan fingerprint density at radius 3 is 2.62 bits per heavy atom. The number of carbonyl (C=O) groups excluding carboxylic acids is 2. The molecular formula is C27H28Cl2N2O3. The summed E-state index contributed by atoms with van der Waals surface area (Å²) in [5, 5.41) is 9.32. The summed E-state index contributed by atoms with van der Waals surface area (Å²) in [6.07, 6.45) is 0.835. The molecule has 1 saturated heterocycles. The normalized spacial score (nSPS) is 17.4. The van der Waals surface area contributed by atoms with Crippen LogP contribution in [-0.4, -0.2) is 36.9 Å². The largest absolute Gasteiger partial charge is 0.480 e. The lowest BCUT2D eigenvalue weighted by atomic mass is 9.92. The summed E-state index contributed by atoms with van der Waals surface area (Å²) in [6, 6.07) is 16.8. The van der Waals surface area contributed by atoms with Gasteiger partial charge in [-0.05, 0) is 80.2 Å². The van der Waals surface area contributed by atoms with E-state index in [1.807, 2.05) is 42.5 Å². The third kappa shape index (κ3) is 5.54. The van der Waals surface area contributed by atoms with Gasteiger partial charge in [0.2, 0.25) is 0 Å². The van der Waals surface area contributed by atoms with Gasteiger partial charge in [0.25, 0.3) is 5.91 Å². The van der Waals surface area contributed by atoms with E-state index >= 15 is 0 Å². The van der Waals surface area contributed by atoms with Crippen LogP contribution in [0.2, 0.25) is 10.0 Å². The van der Waals surface area contributed by atoms with Crippen LogP contribution in [0.4, 0.5) is 0 Å². The Balaban J connectivity index is 1.52. The minimum absolute atomic E-state index is 0.0883. The molecule has 1 fully saturated rings. The lowest BCUT2D eigenvalue weighted by Crippen LogP contribution is -2.47. The molecule has 1 aliphatic heterocycles. The highest BCUT2D eigenvalue weighted by atomic mass is 35.5. The van der Waals surface area contributed by atoms with Gasteiger partial charge in [0.05, 0.1) is 15.6 Å². The number of ether oxygens (including phenoxy) is 1. The van der Waals surface area contributed by atoms with Gasteiger partial charge in [-0.3, -0.25) is 9.59 Å². The van der Waals surface area contributed by atoms with Crippen molar-refractivity contribution >= 4 is 45.7 Å². The zero-order chi connectivity index (χ0) is 24.2. The van der Waals surface area contributed by atoms with E-state index in [-0.39, 0.29) is 17.7 Å². The molecule has 0 aliphatic carbocycles. The third-order valence-electron chi connectivity index (χ3n) is 6.35. The van der Waals surface area contributed by atoms with Gasteiger partial charge in [-0.1, -0.05) is 59.6 Å². The lowest BCUT2D eigenvalue weighted by Gasteiger charge is -2.27. The second-order valence-electron chi connectivity index (χ2n) is 8.80. The van der Waals surface area contributed by atoms with Crippen LogP contribution in [0.15, 0.2) is 54.6 Å². The SMILES string of the molecule is CC(=O)c1c(OC(C)C(=O)NC(Cc2ccc(Cl)c(Cl)c2)C2CCNC2)ccc2ccccc12. The predicted molar refractivity (Wildman–Crippen MR) is 137 cm³/mol. The van der Waals surface area contributed by atoms with Gasteiger partial charge in [-0.25, -0.2) is 0 Å². The summed E-state index contributed by atoms with van der Waals surface area (Å²) < 4.78 is 6.04. The molecule has 1 aliphatic rings. The van der Waals surface area contributed by atoms with Crippen molar-refractivity contribution in [3.63, 3.8) is 0 Å². The summed E-state index contributed by atoms with van der Waals surface area (Å²) in [5.74, 6) is 0.380. The molecule has 0 radical (unpaired) electrons. The van der Waals surface area contributed by atoms with Crippen molar-refractivity contribution in [2.45, 2.75) is 38.8 Å².